The molecule has 0 amide bonds. The van der Waals surface area contributed by atoms with Crippen LogP contribution in [0.1, 0.15) is 31.6 Å². The smallest absolute Gasteiger partial charge is 0.247 e. The van der Waals surface area contributed by atoms with Crippen molar-refractivity contribution in [3.05, 3.63) is 35.2 Å². The van der Waals surface area contributed by atoms with Crippen molar-refractivity contribution < 1.29 is 8.81 Å². The zero-order valence-electron chi connectivity index (χ0n) is 12.3. The molecule has 0 aliphatic rings. The average Bonchev–Trinajstić information content (AvgIpc) is 3.01. The van der Waals surface area contributed by atoms with Gasteiger partial charge < -0.3 is 9.73 Å². The van der Waals surface area contributed by atoms with Crippen molar-refractivity contribution in [3.63, 3.8) is 0 Å². The monoisotopic (exact) mass is 324 g/mol. The van der Waals surface area contributed by atoms with Crippen LogP contribution in [0, 0.1) is 5.41 Å². The highest BCUT2D eigenvalue weighted by Gasteiger charge is 2.14. The Kier molecular flexibility index (Phi) is 5.89. The summed E-state index contributed by atoms with van der Waals surface area (Å²) in [7, 11) is 0. The first-order valence-corrected chi connectivity index (χ1v) is 7.44. The summed E-state index contributed by atoms with van der Waals surface area (Å²) in [6.07, 6.45) is 1.61. The van der Waals surface area contributed by atoms with Gasteiger partial charge in [-0.25, -0.2) is 4.39 Å². The van der Waals surface area contributed by atoms with Gasteiger partial charge in [0.15, 0.2) is 0 Å². The van der Waals surface area contributed by atoms with Gasteiger partial charge in [-0.3, -0.25) is 5.41 Å². The number of amidine groups is 1. The molecule has 2 rings (SSSR count). The number of aromatic nitrogens is 2. The van der Waals surface area contributed by atoms with Crippen LogP contribution in [-0.2, 0) is 0 Å². The van der Waals surface area contributed by atoms with Gasteiger partial charge in [-0.05, 0) is 37.1 Å². The lowest BCUT2D eigenvalue weighted by Crippen LogP contribution is -2.25. The standard InChI is InChI=1S/C15H18ClFN4O/c1-10(3-2-8-19-13(18)9-17)14-20-21-15(22-14)11-4-6-12(16)7-5-11/h4-7,10H,2-3,8-9H2,1H3,(H2,18,19)/t10-/m0/s1. The topological polar surface area (TPSA) is 74.8 Å². The highest BCUT2D eigenvalue weighted by Crippen LogP contribution is 2.24. The van der Waals surface area contributed by atoms with Gasteiger partial charge >= 0.3 is 0 Å². The van der Waals surface area contributed by atoms with Crippen molar-refractivity contribution in [2.24, 2.45) is 0 Å². The number of alkyl halides is 1. The van der Waals surface area contributed by atoms with Crippen LogP contribution in [0.4, 0.5) is 4.39 Å². The first-order chi connectivity index (χ1) is 10.6. The van der Waals surface area contributed by atoms with E-state index >= 15 is 0 Å². The van der Waals surface area contributed by atoms with Gasteiger partial charge in [0.05, 0.1) is 0 Å². The van der Waals surface area contributed by atoms with E-state index in [2.05, 4.69) is 15.5 Å². The molecule has 2 aromatic rings. The predicted octanol–water partition coefficient (Wildman–Crippen LogP) is 3.81. The maximum Gasteiger partial charge on any atom is 0.247 e. The average molecular weight is 325 g/mol. The summed E-state index contributed by atoms with van der Waals surface area (Å²) in [6.45, 7) is 1.80. The van der Waals surface area contributed by atoms with Crippen LogP contribution in [-0.4, -0.2) is 29.3 Å². The Labute approximate surface area is 133 Å². The third-order valence-electron chi connectivity index (χ3n) is 3.24. The molecular weight excluding hydrogens is 307 g/mol. The molecule has 1 heterocycles. The summed E-state index contributed by atoms with van der Waals surface area (Å²) >= 11 is 5.85. The Balaban J connectivity index is 1.87. The fourth-order valence-corrected chi connectivity index (χ4v) is 2.09. The third-order valence-corrected chi connectivity index (χ3v) is 3.49. The molecule has 0 radical (unpaired) electrons. The molecule has 0 bridgehead atoms. The molecule has 0 spiro atoms. The maximum atomic E-state index is 12.1. The molecular formula is C15H18ClFN4O. The van der Waals surface area contributed by atoms with Gasteiger partial charge in [0.2, 0.25) is 11.8 Å². The van der Waals surface area contributed by atoms with Gasteiger partial charge in [-0.2, -0.15) is 0 Å². The molecule has 2 N–H and O–H groups in total. The highest BCUT2D eigenvalue weighted by atomic mass is 35.5. The van der Waals surface area contributed by atoms with E-state index in [0.717, 1.165) is 18.4 Å². The summed E-state index contributed by atoms with van der Waals surface area (Å²) in [5.74, 6) is 1.06. The lowest BCUT2D eigenvalue weighted by molar-refractivity contribution is 0.447. The van der Waals surface area contributed by atoms with Crippen molar-refractivity contribution in [2.45, 2.75) is 25.7 Å². The first-order valence-electron chi connectivity index (χ1n) is 7.06. The number of nitrogens with one attached hydrogen (secondary N) is 2. The fourth-order valence-electron chi connectivity index (χ4n) is 1.96. The molecule has 1 aromatic carbocycles. The SMILES string of the molecule is C[C@@H](CCCNC(=N)CF)c1nnc(-c2ccc(Cl)cc2)o1. The lowest BCUT2D eigenvalue weighted by atomic mass is 10.1. The van der Waals surface area contributed by atoms with Crippen molar-refractivity contribution in [1.82, 2.24) is 15.5 Å². The Morgan fingerprint density at radius 1 is 1.36 bits per heavy atom. The van der Waals surface area contributed by atoms with Crippen LogP contribution in [0.5, 0.6) is 0 Å². The Hall–Kier alpha value is -1.95. The van der Waals surface area contributed by atoms with E-state index in [0.29, 0.717) is 23.3 Å². The van der Waals surface area contributed by atoms with E-state index in [1.54, 1.807) is 12.1 Å². The number of benzene rings is 1. The van der Waals surface area contributed by atoms with Gasteiger partial charge in [0.1, 0.15) is 12.5 Å². The molecule has 22 heavy (non-hydrogen) atoms. The molecule has 1 atom stereocenters. The van der Waals surface area contributed by atoms with E-state index in [4.69, 9.17) is 21.4 Å². The zero-order chi connectivity index (χ0) is 15.9. The summed E-state index contributed by atoms with van der Waals surface area (Å²) < 4.78 is 17.8. The first kappa shape index (κ1) is 16.4. The van der Waals surface area contributed by atoms with Gasteiger partial charge in [-0.15, -0.1) is 10.2 Å². The zero-order valence-corrected chi connectivity index (χ0v) is 13.0. The summed E-state index contributed by atoms with van der Waals surface area (Å²) in [6, 6.07) is 7.21. The quantitative estimate of drug-likeness (QED) is 0.461. The summed E-state index contributed by atoms with van der Waals surface area (Å²) in [5, 5.41) is 18.6. The molecule has 0 saturated carbocycles. The number of halogens is 2. The fraction of sp³-hybridized carbons (Fsp3) is 0.400. The minimum atomic E-state index is -0.760. The second-order valence-electron chi connectivity index (χ2n) is 5.03. The molecule has 5 nitrogen and oxygen atoms in total. The van der Waals surface area contributed by atoms with Crippen LogP contribution in [0.2, 0.25) is 5.02 Å². The second-order valence-corrected chi connectivity index (χ2v) is 5.47. The molecule has 1 aromatic heterocycles. The largest absolute Gasteiger partial charge is 0.420 e. The molecule has 7 heteroatoms. The highest BCUT2D eigenvalue weighted by molar-refractivity contribution is 6.30. The van der Waals surface area contributed by atoms with E-state index < -0.39 is 6.67 Å². The number of hydrogen-bond donors (Lipinski definition) is 2. The molecule has 0 unspecified atom stereocenters. The van der Waals surface area contributed by atoms with Crippen molar-refractivity contribution >= 4 is 17.4 Å². The van der Waals surface area contributed by atoms with Crippen LogP contribution in [0.25, 0.3) is 11.5 Å². The van der Waals surface area contributed by atoms with Crippen molar-refractivity contribution in [1.29, 1.82) is 5.41 Å². The van der Waals surface area contributed by atoms with E-state index in [-0.39, 0.29) is 11.8 Å². The van der Waals surface area contributed by atoms with Gasteiger partial charge in [0.25, 0.3) is 0 Å². The predicted molar refractivity (Wildman–Crippen MR) is 84.1 cm³/mol. The number of hydrogen-bond acceptors (Lipinski definition) is 4. The van der Waals surface area contributed by atoms with Crippen molar-refractivity contribution in [2.75, 3.05) is 13.2 Å². The summed E-state index contributed by atoms with van der Waals surface area (Å²) in [4.78, 5) is 0. The minimum Gasteiger partial charge on any atom is -0.420 e. The number of rotatable bonds is 7. The van der Waals surface area contributed by atoms with Gasteiger partial charge in [-0.1, -0.05) is 18.5 Å². The Morgan fingerprint density at radius 2 is 2.09 bits per heavy atom. The number of nitrogens with zero attached hydrogens (tertiary/aromatic N) is 2. The molecule has 0 saturated heterocycles. The van der Waals surface area contributed by atoms with Crippen LogP contribution >= 0.6 is 11.6 Å². The second kappa shape index (κ2) is 7.89. The molecule has 0 aliphatic heterocycles. The third kappa shape index (κ3) is 4.53. The lowest BCUT2D eigenvalue weighted by Gasteiger charge is -2.07. The maximum absolute atomic E-state index is 12.1. The normalized spacial score (nSPS) is 12.1. The Bertz CT molecular complexity index is 614. The minimum absolute atomic E-state index is 0.0875. The van der Waals surface area contributed by atoms with Crippen LogP contribution in [0.15, 0.2) is 28.7 Å². The van der Waals surface area contributed by atoms with Crippen LogP contribution < -0.4 is 5.32 Å². The van der Waals surface area contributed by atoms with E-state index in [1.807, 2.05) is 19.1 Å². The van der Waals surface area contributed by atoms with Crippen LogP contribution in [0.3, 0.4) is 0 Å². The van der Waals surface area contributed by atoms with Gasteiger partial charge in [0, 0.05) is 23.0 Å². The summed E-state index contributed by atoms with van der Waals surface area (Å²) in [5.41, 5.74) is 0.827. The molecule has 118 valence electrons. The molecule has 0 fully saturated rings. The molecule has 0 aliphatic carbocycles. The van der Waals surface area contributed by atoms with E-state index in [9.17, 15) is 4.39 Å². The van der Waals surface area contributed by atoms with E-state index in [1.165, 1.54) is 0 Å². The van der Waals surface area contributed by atoms with Crippen molar-refractivity contribution in [3.8, 4) is 11.5 Å². The Morgan fingerprint density at radius 3 is 2.77 bits per heavy atom.